The van der Waals surface area contributed by atoms with Crippen LogP contribution in [0.2, 0.25) is 0 Å². The van der Waals surface area contributed by atoms with Gasteiger partial charge < -0.3 is 10.4 Å². The molecule has 0 bridgehead atoms. The predicted molar refractivity (Wildman–Crippen MR) is 99.2 cm³/mol. The summed E-state index contributed by atoms with van der Waals surface area (Å²) in [5.74, 6) is -1.58. The number of carboxylic acid groups (broad SMARTS) is 1. The number of benzene rings is 1. The van der Waals surface area contributed by atoms with Crippen molar-refractivity contribution in [1.29, 1.82) is 0 Å². The van der Waals surface area contributed by atoms with Crippen molar-refractivity contribution in [2.24, 2.45) is 5.92 Å². The first-order valence-electron chi connectivity index (χ1n) is 8.49. The first kappa shape index (κ1) is 19.4. The number of carbonyl (C=O) groups excluding carboxylic acids is 1. The van der Waals surface area contributed by atoms with Gasteiger partial charge in [0.2, 0.25) is 0 Å². The van der Waals surface area contributed by atoms with E-state index in [-0.39, 0.29) is 23.6 Å². The van der Waals surface area contributed by atoms with Crippen LogP contribution in [0.15, 0.2) is 41.2 Å². The summed E-state index contributed by atoms with van der Waals surface area (Å²) >= 11 is 0. The largest absolute Gasteiger partial charge is 0.480 e. The molecule has 0 saturated carbocycles. The fraction of sp³-hybridized carbons (Fsp3) is 0.368. The molecule has 0 saturated heterocycles. The van der Waals surface area contributed by atoms with Gasteiger partial charge in [0.25, 0.3) is 11.5 Å². The first-order chi connectivity index (χ1) is 12.3. The number of allylic oxidation sites excluding steroid dienone is 1. The van der Waals surface area contributed by atoms with Crippen molar-refractivity contribution in [2.45, 2.75) is 39.8 Å². The summed E-state index contributed by atoms with van der Waals surface area (Å²) in [7, 11) is 0. The molecular formula is C19H23N3O4. The SMILES string of the molecule is C/C=C/CC(NC(=O)c1nn(CC(C)C)c(=O)c2ccccc12)C(=O)O. The Morgan fingerprint density at radius 3 is 2.50 bits per heavy atom. The second-order valence-corrected chi connectivity index (χ2v) is 6.44. The minimum atomic E-state index is -1.13. The lowest BCUT2D eigenvalue weighted by Gasteiger charge is -2.15. The van der Waals surface area contributed by atoms with Crippen molar-refractivity contribution in [3.63, 3.8) is 0 Å². The van der Waals surface area contributed by atoms with Gasteiger partial charge in [-0.05, 0) is 25.3 Å². The van der Waals surface area contributed by atoms with Gasteiger partial charge in [0, 0.05) is 11.9 Å². The summed E-state index contributed by atoms with van der Waals surface area (Å²) in [5.41, 5.74) is -0.220. The number of carbonyl (C=O) groups is 2. The zero-order valence-corrected chi connectivity index (χ0v) is 15.1. The highest BCUT2D eigenvalue weighted by Gasteiger charge is 2.23. The van der Waals surface area contributed by atoms with Crippen molar-refractivity contribution in [3.05, 3.63) is 52.5 Å². The zero-order valence-electron chi connectivity index (χ0n) is 15.1. The van der Waals surface area contributed by atoms with E-state index in [9.17, 15) is 19.5 Å². The van der Waals surface area contributed by atoms with Crippen LogP contribution in [0.4, 0.5) is 0 Å². The van der Waals surface area contributed by atoms with E-state index in [1.54, 1.807) is 43.3 Å². The molecule has 0 spiro atoms. The molecule has 1 amide bonds. The fourth-order valence-corrected chi connectivity index (χ4v) is 2.59. The molecule has 0 radical (unpaired) electrons. The van der Waals surface area contributed by atoms with Gasteiger partial charge in [-0.3, -0.25) is 9.59 Å². The molecule has 1 atom stereocenters. The highest BCUT2D eigenvalue weighted by Crippen LogP contribution is 2.14. The maximum Gasteiger partial charge on any atom is 0.326 e. The maximum atomic E-state index is 12.7. The van der Waals surface area contributed by atoms with Crippen molar-refractivity contribution >= 4 is 22.6 Å². The second kappa shape index (κ2) is 8.42. The Kier molecular flexibility index (Phi) is 6.27. The first-order valence-corrected chi connectivity index (χ1v) is 8.49. The highest BCUT2D eigenvalue weighted by molar-refractivity contribution is 6.05. The third-order valence-electron chi connectivity index (χ3n) is 3.83. The molecule has 1 unspecified atom stereocenters. The van der Waals surface area contributed by atoms with Crippen LogP contribution >= 0.6 is 0 Å². The number of nitrogens with zero attached hydrogens (tertiary/aromatic N) is 2. The summed E-state index contributed by atoms with van der Waals surface area (Å²) in [6, 6.07) is 5.64. The Morgan fingerprint density at radius 1 is 1.27 bits per heavy atom. The monoisotopic (exact) mass is 357 g/mol. The van der Waals surface area contributed by atoms with E-state index >= 15 is 0 Å². The quantitative estimate of drug-likeness (QED) is 0.740. The third-order valence-corrected chi connectivity index (χ3v) is 3.83. The van der Waals surface area contributed by atoms with Crippen LogP contribution in [0.1, 0.15) is 37.7 Å². The van der Waals surface area contributed by atoms with Gasteiger partial charge in [-0.25, -0.2) is 9.48 Å². The topological polar surface area (TPSA) is 101 Å². The lowest BCUT2D eigenvalue weighted by Crippen LogP contribution is -2.41. The summed E-state index contributed by atoms with van der Waals surface area (Å²) in [6.07, 6.45) is 3.56. The molecular weight excluding hydrogens is 334 g/mol. The van der Waals surface area contributed by atoms with Gasteiger partial charge >= 0.3 is 5.97 Å². The molecule has 2 N–H and O–H groups in total. The number of amides is 1. The third kappa shape index (κ3) is 4.36. The molecule has 1 aromatic heterocycles. The van der Waals surface area contributed by atoms with Crippen LogP contribution in [-0.4, -0.2) is 32.8 Å². The molecule has 1 aromatic carbocycles. The normalized spacial score (nSPS) is 12.6. The predicted octanol–water partition coefficient (Wildman–Crippen LogP) is 2.20. The van der Waals surface area contributed by atoms with Crippen molar-refractivity contribution in [1.82, 2.24) is 15.1 Å². The van der Waals surface area contributed by atoms with Gasteiger partial charge in [0.1, 0.15) is 6.04 Å². The molecule has 0 aliphatic rings. The number of carboxylic acids is 1. The lowest BCUT2D eigenvalue weighted by molar-refractivity contribution is -0.139. The second-order valence-electron chi connectivity index (χ2n) is 6.44. The number of rotatable bonds is 7. The van der Waals surface area contributed by atoms with Crippen LogP contribution in [0.25, 0.3) is 10.8 Å². The van der Waals surface area contributed by atoms with E-state index in [0.29, 0.717) is 17.3 Å². The molecule has 2 aromatic rings. The molecule has 7 heteroatoms. The van der Waals surface area contributed by atoms with Gasteiger partial charge in [0.15, 0.2) is 5.69 Å². The molecule has 2 rings (SSSR count). The number of hydrogen-bond acceptors (Lipinski definition) is 4. The van der Waals surface area contributed by atoms with E-state index in [2.05, 4.69) is 10.4 Å². The summed E-state index contributed by atoms with van der Waals surface area (Å²) < 4.78 is 1.27. The smallest absolute Gasteiger partial charge is 0.326 e. The number of nitrogens with one attached hydrogen (secondary N) is 1. The summed E-state index contributed by atoms with van der Waals surface area (Å²) in [4.78, 5) is 36.7. The van der Waals surface area contributed by atoms with Gasteiger partial charge in [-0.1, -0.05) is 44.2 Å². The Labute approximate surface area is 151 Å². The number of hydrogen-bond donors (Lipinski definition) is 2. The molecule has 138 valence electrons. The number of fused-ring (bicyclic) bond motifs is 1. The Balaban J connectivity index is 2.50. The van der Waals surface area contributed by atoms with E-state index in [4.69, 9.17) is 0 Å². The molecule has 7 nitrogen and oxygen atoms in total. The Morgan fingerprint density at radius 2 is 1.92 bits per heavy atom. The van der Waals surface area contributed by atoms with Gasteiger partial charge in [-0.2, -0.15) is 5.10 Å². The minimum absolute atomic E-state index is 0.0487. The average molecular weight is 357 g/mol. The number of aromatic nitrogens is 2. The molecule has 0 aliphatic heterocycles. The van der Waals surface area contributed by atoms with Gasteiger partial charge in [-0.15, -0.1) is 0 Å². The van der Waals surface area contributed by atoms with Crippen molar-refractivity contribution < 1.29 is 14.7 Å². The standard InChI is InChI=1S/C19H23N3O4/c1-4-5-10-15(19(25)26)20-17(23)16-13-8-6-7-9-14(13)18(24)22(21-16)11-12(2)3/h4-9,12,15H,10-11H2,1-3H3,(H,20,23)(H,25,26)/b5-4+. The Hall–Kier alpha value is -2.96. The zero-order chi connectivity index (χ0) is 19.3. The lowest BCUT2D eigenvalue weighted by atomic mass is 10.1. The van der Waals surface area contributed by atoms with Crippen LogP contribution < -0.4 is 10.9 Å². The van der Waals surface area contributed by atoms with E-state index in [0.717, 1.165) is 0 Å². The van der Waals surface area contributed by atoms with Crippen LogP contribution in [-0.2, 0) is 11.3 Å². The number of aliphatic carboxylic acids is 1. The van der Waals surface area contributed by atoms with Crippen molar-refractivity contribution in [3.8, 4) is 0 Å². The minimum Gasteiger partial charge on any atom is -0.480 e. The fourth-order valence-electron chi connectivity index (χ4n) is 2.59. The highest BCUT2D eigenvalue weighted by atomic mass is 16.4. The van der Waals surface area contributed by atoms with Crippen molar-refractivity contribution in [2.75, 3.05) is 0 Å². The molecule has 1 heterocycles. The van der Waals surface area contributed by atoms with Crippen LogP contribution in [0.5, 0.6) is 0 Å². The molecule has 0 fully saturated rings. The van der Waals surface area contributed by atoms with Gasteiger partial charge in [0.05, 0.1) is 5.39 Å². The van der Waals surface area contributed by atoms with Crippen LogP contribution in [0.3, 0.4) is 0 Å². The van der Waals surface area contributed by atoms with Crippen LogP contribution in [0, 0.1) is 5.92 Å². The summed E-state index contributed by atoms with van der Waals surface area (Å²) in [6.45, 7) is 6.03. The maximum absolute atomic E-state index is 12.7. The van der Waals surface area contributed by atoms with E-state index in [1.165, 1.54) is 4.68 Å². The van der Waals surface area contributed by atoms with E-state index in [1.807, 2.05) is 13.8 Å². The molecule has 26 heavy (non-hydrogen) atoms. The molecule has 0 aliphatic carbocycles. The van der Waals surface area contributed by atoms with E-state index < -0.39 is 17.9 Å². The average Bonchev–Trinajstić information content (AvgIpc) is 2.60. The Bertz CT molecular complexity index is 899. The summed E-state index contributed by atoms with van der Waals surface area (Å²) in [5, 5.41) is 16.8.